The van der Waals surface area contributed by atoms with Crippen LogP contribution in [0.5, 0.6) is 0 Å². The summed E-state index contributed by atoms with van der Waals surface area (Å²) in [7, 11) is -4.64. The normalized spacial score (nSPS) is 10.1. The van der Waals surface area contributed by atoms with Gasteiger partial charge in [0.1, 0.15) is 0 Å². The first-order valence-electron chi connectivity index (χ1n) is 15.9. The summed E-state index contributed by atoms with van der Waals surface area (Å²) >= 11 is 0. The number of nitrogens with zero attached hydrogens (tertiary/aromatic N) is 3. The van der Waals surface area contributed by atoms with Crippen molar-refractivity contribution in [1.82, 2.24) is 0 Å². The van der Waals surface area contributed by atoms with E-state index in [-0.39, 0.29) is 34.4 Å². The summed E-state index contributed by atoms with van der Waals surface area (Å²) < 4.78 is 8.88. The number of nitro benzene ring substituents is 3. The van der Waals surface area contributed by atoms with E-state index in [9.17, 15) is 44.7 Å². The lowest BCUT2D eigenvalue weighted by molar-refractivity contribution is -0.385. The van der Waals surface area contributed by atoms with Gasteiger partial charge in [-0.2, -0.15) is 0 Å². The summed E-state index contributed by atoms with van der Waals surface area (Å²) in [5.41, 5.74) is 2.99. The van der Waals surface area contributed by atoms with Crippen LogP contribution in [0.4, 0.5) is 17.1 Å². The summed E-state index contributed by atoms with van der Waals surface area (Å²) in [4.78, 5) is 87.4. The van der Waals surface area contributed by atoms with Crippen molar-refractivity contribution in [3.63, 3.8) is 0 Å². The molecule has 6 rings (SSSR count). The Morgan fingerprint density at radius 3 is 0.679 bits per heavy atom. The predicted molar refractivity (Wildman–Crippen MR) is 203 cm³/mol. The highest BCUT2D eigenvalue weighted by atomic mass is 31.2. The number of hydrogen-bond donors (Lipinski definition) is 3. The van der Waals surface area contributed by atoms with E-state index in [1.165, 1.54) is 72.8 Å². The number of hydrogen-bond acceptors (Lipinski definition) is 10. The molecule has 56 heavy (non-hydrogen) atoms. The van der Waals surface area contributed by atoms with Crippen molar-refractivity contribution in [2.24, 2.45) is 0 Å². The fraction of sp³-hybridized carbons (Fsp3) is 0. The fourth-order valence-corrected chi connectivity index (χ4v) is 4.47. The van der Waals surface area contributed by atoms with Gasteiger partial charge in [-0.3, -0.25) is 44.7 Å². The van der Waals surface area contributed by atoms with E-state index in [2.05, 4.69) is 0 Å². The zero-order valence-electron chi connectivity index (χ0n) is 28.8. The Bertz CT molecular complexity index is 2060. The molecule has 0 aromatic heterocycles. The summed E-state index contributed by atoms with van der Waals surface area (Å²) in [5, 5.41) is 31.4. The van der Waals surface area contributed by atoms with E-state index in [0.29, 0.717) is 33.4 Å². The minimum Gasteiger partial charge on any atom is -0.303 e. The minimum absolute atomic E-state index is 0.0189. The van der Waals surface area contributed by atoms with E-state index < -0.39 is 22.6 Å². The second kappa shape index (κ2) is 20.8. The van der Waals surface area contributed by atoms with Crippen LogP contribution in [0.15, 0.2) is 164 Å². The third-order valence-corrected chi connectivity index (χ3v) is 7.13. The third-order valence-electron chi connectivity index (χ3n) is 7.13. The summed E-state index contributed by atoms with van der Waals surface area (Å²) in [6.07, 6.45) is 0. The molecule has 0 radical (unpaired) electrons. The highest BCUT2D eigenvalue weighted by molar-refractivity contribution is 7.45. The van der Waals surface area contributed by atoms with E-state index >= 15 is 0 Å². The molecule has 0 saturated heterocycles. The molecule has 0 aliphatic carbocycles. The van der Waals surface area contributed by atoms with Crippen molar-refractivity contribution >= 4 is 42.2 Å². The lowest BCUT2D eigenvalue weighted by atomic mass is 10.0. The lowest BCUT2D eigenvalue weighted by Crippen LogP contribution is -2.00. The zero-order chi connectivity index (χ0) is 41.3. The summed E-state index contributed by atoms with van der Waals surface area (Å²) in [6, 6.07) is 43.2. The van der Waals surface area contributed by atoms with E-state index in [1.807, 2.05) is 18.2 Å². The molecule has 3 N–H and O–H groups in total. The lowest BCUT2D eigenvalue weighted by Gasteiger charge is -2.00. The first-order chi connectivity index (χ1) is 26.5. The molecule has 0 fully saturated rings. The Morgan fingerprint density at radius 1 is 0.357 bits per heavy atom. The molecular formula is C39H30N3O13P. The van der Waals surface area contributed by atoms with Crippen LogP contribution in [-0.2, 0) is 4.57 Å². The Morgan fingerprint density at radius 2 is 0.518 bits per heavy atom. The molecule has 0 aliphatic heterocycles. The van der Waals surface area contributed by atoms with Crippen LogP contribution >= 0.6 is 7.82 Å². The summed E-state index contributed by atoms with van der Waals surface area (Å²) in [6.45, 7) is 0. The van der Waals surface area contributed by atoms with Gasteiger partial charge in [0, 0.05) is 69.8 Å². The molecule has 6 aromatic rings. The number of non-ortho nitro benzene ring substituents is 3. The zero-order valence-corrected chi connectivity index (χ0v) is 29.7. The molecule has 0 unspecified atom stereocenters. The molecule has 284 valence electrons. The monoisotopic (exact) mass is 779 g/mol. The first kappa shape index (κ1) is 43.0. The average Bonchev–Trinajstić information content (AvgIpc) is 3.21. The Balaban J connectivity index is 0.000000212. The third kappa shape index (κ3) is 14.2. The van der Waals surface area contributed by atoms with Gasteiger partial charge in [-0.15, -0.1) is 0 Å². The summed E-state index contributed by atoms with van der Waals surface area (Å²) in [5.74, 6) is -0.415. The maximum absolute atomic E-state index is 12.0. The molecule has 0 bridgehead atoms. The molecule has 6 aromatic carbocycles. The van der Waals surface area contributed by atoms with Crippen LogP contribution in [0, 0.1) is 30.3 Å². The van der Waals surface area contributed by atoms with Gasteiger partial charge in [-0.05, 0) is 36.4 Å². The molecule has 0 heterocycles. The highest BCUT2D eigenvalue weighted by Gasteiger charge is 2.13. The maximum Gasteiger partial charge on any atom is 0.466 e. The predicted octanol–water partition coefficient (Wildman–Crippen LogP) is 7.55. The van der Waals surface area contributed by atoms with Crippen molar-refractivity contribution in [2.45, 2.75) is 0 Å². The van der Waals surface area contributed by atoms with Gasteiger partial charge < -0.3 is 14.7 Å². The fourth-order valence-electron chi connectivity index (χ4n) is 4.47. The van der Waals surface area contributed by atoms with Gasteiger partial charge >= 0.3 is 7.82 Å². The van der Waals surface area contributed by atoms with Gasteiger partial charge in [0.25, 0.3) is 17.1 Å². The van der Waals surface area contributed by atoms with Gasteiger partial charge in [0.05, 0.1) is 14.8 Å². The average molecular weight is 780 g/mol. The van der Waals surface area contributed by atoms with Crippen LogP contribution < -0.4 is 0 Å². The van der Waals surface area contributed by atoms with Gasteiger partial charge in [0.2, 0.25) is 0 Å². The van der Waals surface area contributed by atoms with E-state index in [1.54, 1.807) is 72.8 Å². The molecule has 0 saturated carbocycles. The standard InChI is InChI=1S/3C13H9NO3.H3O4P/c3*15-13(10-4-2-1-3-5-10)11-6-8-12(9-7-11)14(16)17;1-5(2,3)4/h3*1-9H;(H3,1,2,3,4). The van der Waals surface area contributed by atoms with Crippen molar-refractivity contribution in [3.8, 4) is 0 Å². The number of rotatable bonds is 9. The largest absolute Gasteiger partial charge is 0.466 e. The van der Waals surface area contributed by atoms with Crippen LogP contribution in [0.3, 0.4) is 0 Å². The van der Waals surface area contributed by atoms with Crippen LogP contribution in [-0.4, -0.2) is 46.8 Å². The van der Waals surface area contributed by atoms with Gasteiger partial charge in [0.15, 0.2) is 17.3 Å². The highest BCUT2D eigenvalue weighted by Crippen LogP contribution is 2.26. The number of carbonyl (C=O) groups is 3. The SMILES string of the molecule is O=C(c1ccccc1)c1ccc([N+](=O)[O-])cc1.O=C(c1ccccc1)c1ccc([N+](=O)[O-])cc1.O=C(c1ccccc1)c1ccc([N+](=O)[O-])cc1.O=P(O)(O)O. The molecule has 0 amide bonds. The molecule has 0 atom stereocenters. The number of benzene rings is 6. The second-order valence-corrected chi connectivity index (χ2v) is 12.0. The molecule has 16 nitrogen and oxygen atoms in total. The molecule has 17 heteroatoms. The Kier molecular flexibility index (Phi) is 16.0. The van der Waals surface area contributed by atoms with Crippen molar-refractivity contribution in [2.75, 3.05) is 0 Å². The number of ketones is 3. The first-order valence-corrected chi connectivity index (χ1v) is 17.4. The van der Waals surface area contributed by atoms with E-state index in [4.69, 9.17) is 19.2 Å². The topological polar surface area (TPSA) is 258 Å². The van der Waals surface area contributed by atoms with E-state index in [0.717, 1.165) is 0 Å². The van der Waals surface area contributed by atoms with Crippen LogP contribution in [0.2, 0.25) is 0 Å². The Labute approximate surface area is 317 Å². The smallest absolute Gasteiger partial charge is 0.303 e. The maximum atomic E-state index is 12.0. The Hall–Kier alpha value is -7.36. The minimum atomic E-state index is -4.64. The number of nitro groups is 3. The molecular weight excluding hydrogens is 749 g/mol. The van der Waals surface area contributed by atoms with Crippen molar-refractivity contribution in [1.29, 1.82) is 0 Å². The molecule has 0 spiro atoms. The van der Waals surface area contributed by atoms with Crippen molar-refractivity contribution in [3.05, 3.63) is 228 Å². The van der Waals surface area contributed by atoms with Gasteiger partial charge in [-0.25, -0.2) is 4.57 Å². The van der Waals surface area contributed by atoms with Gasteiger partial charge in [-0.1, -0.05) is 91.0 Å². The van der Waals surface area contributed by atoms with Crippen LogP contribution in [0.25, 0.3) is 0 Å². The molecule has 0 aliphatic rings. The quantitative estimate of drug-likeness (QED) is 0.0555. The second-order valence-electron chi connectivity index (χ2n) is 11.0. The van der Waals surface area contributed by atoms with Crippen LogP contribution in [0.1, 0.15) is 47.8 Å². The number of carbonyl (C=O) groups excluding carboxylic acids is 3. The van der Waals surface area contributed by atoms with Crippen molar-refractivity contribution < 1.29 is 48.4 Å². The number of phosphoric acid groups is 1.